The van der Waals surface area contributed by atoms with Crippen LogP contribution in [0.2, 0.25) is 5.02 Å². The highest BCUT2D eigenvalue weighted by molar-refractivity contribution is 6.30. The second kappa shape index (κ2) is 6.42. The third-order valence-electron chi connectivity index (χ3n) is 4.03. The molecule has 4 nitrogen and oxygen atoms in total. The molecule has 0 radical (unpaired) electrons. The third-order valence-corrected chi connectivity index (χ3v) is 4.28. The highest BCUT2D eigenvalue weighted by Gasteiger charge is 2.17. The zero-order valence-corrected chi connectivity index (χ0v) is 13.8. The van der Waals surface area contributed by atoms with Crippen LogP contribution in [0.15, 0.2) is 42.7 Å². The summed E-state index contributed by atoms with van der Waals surface area (Å²) in [7, 11) is 3.43. The van der Waals surface area contributed by atoms with Crippen LogP contribution in [-0.4, -0.2) is 22.6 Å². The summed E-state index contributed by atoms with van der Waals surface area (Å²) >= 11 is 6.00. The van der Waals surface area contributed by atoms with Crippen LogP contribution in [0.25, 0.3) is 22.2 Å². The van der Waals surface area contributed by atoms with E-state index in [9.17, 15) is 4.79 Å². The molecule has 23 heavy (non-hydrogen) atoms. The lowest BCUT2D eigenvalue weighted by Crippen LogP contribution is -2.03. The van der Waals surface area contributed by atoms with E-state index >= 15 is 0 Å². The monoisotopic (exact) mass is 328 g/mol. The van der Waals surface area contributed by atoms with E-state index in [1.165, 1.54) is 7.11 Å². The van der Waals surface area contributed by atoms with Gasteiger partial charge in [-0.3, -0.25) is 9.78 Å². The molecule has 0 aliphatic carbocycles. The van der Waals surface area contributed by atoms with Gasteiger partial charge in [0.1, 0.15) is 0 Å². The lowest BCUT2D eigenvalue weighted by molar-refractivity contribution is -0.140. The number of rotatable bonds is 4. The van der Waals surface area contributed by atoms with Crippen molar-refractivity contribution in [3.8, 4) is 11.3 Å². The van der Waals surface area contributed by atoms with Crippen LogP contribution in [0, 0.1) is 0 Å². The number of carbonyl (C=O) groups excluding carboxylic acids is 1. The van der Waals surface area contributed by atoms with E-state index in [-0.39, 0.29) is 5.97 Å². The molecule has 0 aliphatic heterocycles. The van der Waals surface area contributed by atoms with E-state index in [0.717, 1.165) is 27.7 Å². The Morgan fingerprint density at radius 2 is 2.00 bits per heavy atom. The van der Waals surface area contributed by atoms with Crippen LogP contribution in [0.5, 0.6) is 0 Å². The van der Waals surface area contributed by atoms with Gasteiger partial charge in [0, 0.05) is 36.3 Å². The molecular formula is C18H17ClN2O2. The van der Waals surface area contributed by atoms with Crippen LogP contribution in [0.3, 0.4) is 0 Å². The number of pyridine rings is 1. The standard InChI is InChI=1S/C18H17ClN2O2/c1-21-16-9-10-20-11-15(16)14(7-8-17(22)23-2)18(21)12-3-5-13(19)6-4-12/h3-6,9-11H,7-8H2,1-2H3. The Hall–Kier alpha value is -2.33. The van der Waals surface area contributed by atoms with Crippen molar-refractivity contribution < 1.29 is 9.53 Å². The molecule has 0 aliphatic rings. The summed E-state index contributed by atoms with van der Waals surface area (Å²) in [4.78, 5) is 15.8. The van der Waals surface area contributed by atoms with Crippen LogP contribution in [0.4, 0.5) is 0 Å². The molecule has 1 aromatic carbocycles. The van der Waals surface area contributed by atoms with Crippen LogP contribution in [-0.2, 0) is 23.0 Å². The van der Waals surface area contributed by atoms with Crippen molar-refractivity contribution in [1.29, 1.82) is 0 Å². The molecule has 0 N–H and O–H groups in total. The van der Waals surface area contributed by atoms with E-state index < -0.39 is 0 Å². The minimum Gasteiger partial charge on any atom is -0.469 e. The summed E-state index contributed by atoms with van der Waals surface area (Å²) in [6.45, 7) is 0. The van der Waals surface area contributed by atoms with Crippen LogP contribution in [0.1, 0.15) is 12.0 Å². The number of benzene rings is 1. The maximum atomic E-state index is 11.6. The van der Waals surface area contributed by atoms with Gasteiger partial charge in [-0.25, -0.2) is 0 Å². The minimum absolute atomic E-state index is 0.215. The third kappa shape index (κ3) is 2.94. The summed E-state index contributed by atoms with van der Waals surface area (Å²) < 4.78 is 6.91. The molecular weight excluding hydrogens is 312 g/mol. The Morgan fingerprint density at radius 1 is 1.26 bits per heavy atom. The summed E-state index contributed by atoms with van der Waals surface area (Å²) in [5.41, 5.74) is 4.33. The van der Waals surface area contributed by atoms with Crippen molar-refractivity contribution in [2.75, 3.05) is 7.11 Å². The second-order valence-corrected chi connectivity index (χ2v) is 5.80. The minimum atomic E-state index is -0.215. The van der Waals surface area contributed by atoms with Crippen molar-refractivity contribution in [3.63, 3.8) is 0 Å². The van der Waals surface area contributed by atoms with Gasteiger partial charge in [0.05, 0.1) is 18.3 Å². The second-order valence-electron chi connectivity index (χ2n) is 5.36. The molecule has 0 amide bonds. The number of esters is 1. The largest absolute Gasteiger partial charge is 0.469 e. The molecule has 0 saturated carbocycles. The number of hydrogen-bond donors (Lipinski definition) is 0. The Labute approximate surface area is 139 Å². The van der Waals surface area contributed by atoms with Gasteiger partial charge in [0.25, 0.3) is 0 Å². The van der Waals surface area contributed by atoms with Crippen molar-refractivity contribution in [3.05, 3.63) is 53.3 Å². The highest BCUT2D eigenvalue weighted by atomic mass is 35.5. The highest BCUT2D eigenvalue weighted by Crippen LogP contribution is 2.34. The summed E-state index contributed by atoms with van der Waals surface area (Å²) in [5.74, 6) is -0.215. The fourth-order valence-electron chi connectivity index (χ4n) is 2.92. The topological polar surface area (TPSA) is 44.1 Å². The van der Waals surface area contributed by atoms with E-state index in [1.807, 2.05) is 43.6 Å². The smallest absolute Gasteiger partial charge is 0.305 e. The van der Waals surface area contributed by atoms with E-state index in [0.29, 0.717) is 17.9 Å². The van der Waals surface area contributed by atoms with Crippen molar-refractivity contribution in [2.45, 2.75) is 12.8 Å². The van der Waals surface area contributed by atoms with E-state index in [4.69, 9.17) is 16.3 Å². The normalized spacial score (nSPS) is 10.9. The molecule has 0 bridgehead atoms. The number of ether oxygens (including phenoxy) is 1. The molecule has 0 unspecified atom stereocenters. The number of methoxy groups -OCH3 is 1. The van der Waals surface area contributed by atoms with Gasteiger partial charge in [0.2, 0.25) is 0 Å². The van der Waals surface area contributed by atoms with Crippen LogP contribution < -0.4 is 0 Å². The number of carbonyl (C=O) groups is 1. The number of nitrogens with zero attached hydrogens (tertiary/aromatic N) is 2. The fraction of sp³-hybridized carbons (Fsp3) is 0.222. The van der Waals surface area contributed by atoms with Crippen LogP contribution >= 0.6 is 11.6 Å². The first-order chi connectivity index (χ1) is 11.1. The first kappa shape index (κ1) is 15.6. The van der Waals surface area contributed by atoms with E-state index in [2.05, 4.69) is 9.55 Å². The van der Waals surface area contributed by atoms with Gasteiger partial charge >= 0.3 is 5.97 Å². The average molecular weight is 329 g/mol. The summed E-state index contributed by atoms with van der Waals surface area (Å²) in [6.07, 6.45) is 4.57. The van der Waals surface area contributed by atoms with E-state index in [1.54, 1.807) is 6.20 Å². The summed E-state index contributed by atoms with van der Waals surface area (Å²) in [6, 6.07) is 9.71. The Balaban J connectivity index is 2.16. The van der Waals surface area contributed by atoms with Crippen molar-refractivity contribution in [1.82, 2.24) is 9.55 Å². The number of halogens is 1. The molecule has 0 saturated heterocycles. The van der Waals surface area contributed by atoms with Gasteiger partial charge < -0.3 is 9.30 Å². The first-order valence-electron chi connectivity index (χ1n) is 7.36. The molecule has 0 fully saturated rings. The quantitative estimate of drug-likeness (QED) is 0.680. The molecule has 5 heteroatoms. The van der Waals surface area contributed by atoms with Gasteiger partial charge in [-0.05, 0) is 35.7 Å². The SMILES string of the molecule is COC(=O)CCc1c(-c2ccc(Cl)cc2)n(C)c2ccncc12. The molecule has 0 spiro atoms. The van der Waals surface area contributed by atoms with Gasteiger partial charge in [0.15, 0.2) is 0 Å². The molecule has 2 aromatic heterocycles. The fourth-order valence-corrected chi connectivity index (χ4v) is 3.05. The first-order valence-corrected chi connectivity index (χ1v) is 7.73. The Bertz CT molecular complexity index is 853. The predicted octanol–water partition coefficient (Wildman–Crippen LogP) is 4.00. The molecule has 2 heterocycles. The molecule has 118 valence electrons. The average Bonchev–Trinajstić information content (AvgIpc) is 2.86. The summed E-state index contributed by atoms with van der Waals surface area (Å²) in [5, 5.41) is 1.76. The lowest BCUT2D eigenvalue weighted by atomic mass is 10.0. The maximum Gasteiger partial charge on any atom is 0.305 e. The number of fused-ring (bicyclic) bond motifs is 1. The van der Waals surface area contributed by atoms with Crippen molar-refractivity contribution in [2.24, 2.45) is 7.05 Å². The number of hydrogen-bond acceptors (Lipinski definition) is 3. The maximum absolute atomic E-state index is 11.6. The predicted molar refractivity (Wildman–Crippen MR) is 91.5 cm³/mol. The number of aryl methyl sites for hydroxylation is 2. The van der Waals surface area contributed by atoms with Gasteiger partial charge in [-0.1, -0.05) is 23.7 Å². The van der Waals surface area contributed by atoms with Gasteiger partial charge in [-0.2, -0.15) is 0 Å². The zero-order chi connectivity index (χ0) is 16.4. The van der Waals surface area contributed by atoms with Crippen molar-refractivity contribution >= 4 is 28.5 Å². The zero-order valence-electron chi connectivity index (χ0n) is 13.0. The molecule has 0 atom stereocenters. The van der Waals surface area contributed by atoms with Gasteiger partial charge in [-0.15, -0.1) is 0 Å². The molecule has 3 aromatic rings. The molecule has 3 rings (SSSR count). The number of aromatic nitrogens is 2. The Kier molecular flexibility index (Phi) is 4.35. The Morgan fingerprint density at radius 3 is 2.70 bits per heavy atom. The lowest BCUT2D eigenvalue weighted by Gasteiger charge is -2.08.